The molecule has 17 heavy (non-hydrogen) atoms. The number of nitrogens with zero attached hydrogens (tertiary/aromatic N) is 1. The zero-order valence-electron chi connectivity index (χ0n) is 8.84. The highest BCUT2D eigenvalue weighted by molar-refractivity contribution is 6.30. The van der Waals surface area contributed by atoms with E-state index >= 15 is 0 Å². The van der Waals surface area contributed by atoms with Gasteiger partial charge in [-0.2, -0.15) is 0 Å². The minimum absolute atomic E-state index is 0.127. The summed E-state index contributed by atoms with van der Waals surface area (Å²) in [5.41, 5.74) is -0.406. The first-order chi connectivity index (χ1) is 8.01. The SMILES string of the molecule is CCOC(=O)c1nc(Cl)c(C(F)F)cc1CCl. The van der Waals surface area contributed by atoms with Crippen molar-refractivity contribution in [3.05, 3.63) is 28.0 Å². The summed E-state index contributed by atoms with van der Waals surface area (Å²) in [7, 11) is 0. The fraction of sp³-hybridized carbons (Fsp3) is 0.400. The molecule has 0 radical (unpaired) electrons. The van der Waals surface area contributed by atoms with Crippen molar-refractivity contribution in [2.75, 3.05) is 6.61 Å². The average molecular weight is 284 g/mol. The van der Waals surface area contributed by atoms with Crippen molar-refractivity contribution in [2.24, 2.45) is 0 Å². The summed E-state index contributed by atoms with van der Waals surface area (Å²) in [5.74, 6) is -0.858. The Morgan fingerprint density at radius 3 is 2.71 bits per heavy atom. The molecule has 94 valence electrons. The number of carbonyl (C=O) groups excluding carboxylic acids is 1. The van der Waals surface area contributed by atoms with Crippen molar-refractivity contribution in [1.29, 1.82) is 0 Å². The molecule has 7 heteroatoms. The van der Waals surface area contributed by atoms with Crippen LogP contribution in [-0.2, 0) is 10.6 Å². The third-order valence-electron chi connectivity index (χ3n) is 1.93. The quantitative estimate of drug-likeness (QED) is 0.482. The van der Waals surface area contributed by atoms with Crippen molar-refractivity contribution in [3.8, 4) is 0 Å². The van der Waals surface area contributed by atoms with E-state index in [1.807, 2.05) is 0 Å². The first kappa shape index (κ1) is 14.1. The molecule has 0 amide bonds. The fourth-order valence-electron chi connectivity index (χ4n) is 1.18. The first-order valence-electron chi connectivity index (χ1n) is 4.71. The fourth-order valence-corrected chi connectivity index (χ4v) is 1.61. The lowest BCUT2D eigenvalue weighted by Crippen LogP contribution is -2.11. The number of rotatable bonds is 4. The van der Waals surface area contributed by atoms with E-state index in [9.17, 15) is 13.6 Å². The summed E-state index contributed by atoms with van der Waals surface area (Å²) < 4.78 is 29.8. The highest BCUT2D eigenvalue weighted by atomic mass is 35.5. The van der Waals surface area contributed by atoms with E-state index < -0.39 is 23.1 Å². The number of halogens is 4. The molecule has 0 aliphatic rings. The molecular formula is C10H9Cl2F2NO2. The summed E-state index contributed by atoms with van der Waals surface area (Å²) in [5, 5.41) is -0.420. The van der Waals surface area contributed by atoms with Gasteiger partial charge in [0.05, 0.1) is 12.2 Å². The molecule has 1 heterocycles. The number of esters is 1. The Labute approximate surface area is 107 Å². The maximum absolute atomic E-state index is 12.5. The van der Waals surface area contributed by atoms with Gasteiger partial charge in [0.25, 0.3) is 6.43 Å². The Balaban J connectivity index is 3.23. The zero-order valence-corrected chi connectivity index (χ0v) is 10.4. The summed E-state index contributed by atoms with van der Waals surface area (Å²) in [6.07, 6.45) is -2.77. The van der Waals surface area contributed by atoms with E-state index in [1.54, 1.807) is 6.92 Å². The van der Waals surface area contributed by atoms with E-state index in [4.69, 9.17) is 27.9 Å². The second-order valence-corrected chi connectivity index (χ2v) is 3.66. The molecule has 3 nitrogen and oxygen atoms in total. The third kappa shape index (κ3) is 3.26. The minimum atomic E-state index is -2.77. The highest BCUT2D eigenvalue weighted by Gasteiger charge is 2.21. The summed E-state index contributed by atoms with van der Waals surface area (Å²) >= 11 is 11.1. The number of alkyl halides is 3. The first-order valence-corrected chi connectivity index (χ1v) is 5.63. The standard InChI is InChI=1S/C10H9Cl2F2NO2/c1-2-17-10(16)7-5(4-11)3-6(9(13)14)8(12)15-7/h3,9H,2,4H2,1H3. The van der Waals surface area contributed by atoms with Crippen molar-refractivity contribution in [2.45, 2.75) is 19.2 Å². The molecule has 0 aliphatic heterocycles. The predicted octanol–water partition coefficient (Wildman–Crippen LogP) is 3.59. The lowest BCUT2D eigenvalue weighted by Gasteiger charge is -2.09. The number of ether oxygens (including phenoxy) is 1. The number of hydrogen-bond donors (Lipinski definition) is 0. The topological polar surface area (TPSA) is 39.2 Å². The van der Waals surface area contributed by atoms with Gasteiger partial charge in [0.1, 0.15) is 5.15 Å². The van der Waals surface area contributed by atoms with Crippen LogP contribution >= 0.6 is 23.2 Å². The molecule has 0 unspecified atom stereocenters. The number of aromatic nitrogens is 1. The van der Waals surface area contributed by atoms with Gasteiger partial charge in [-0.05, 0) is 13.0 Å². The van der Waals surface area contributed by atoms with Gasteiger partial charge in [0, 0.05) is 11.4 Å². The van der Waals surface area contributed by atoms with E-state index in [0.717, 1.165) is 6.07 Å². The van der Waals surface area contributed by atoms with E-state index in [0.29, 0.717) is 0 Å². The van der Waals surface area contributed by atoms with E-state index in [2.05, 4.69) is 4.98 Å². The van der Waals surface area contributed by atoms with Crippen LogP contribution in [0.5, 0.6) is 0 Å². The van der Waals surface area contributed by atoms with Crippen molar-refractivity contribution in [1.82, 2.24) is 4.98 Å². The number of hydrogen-bond acceptors (Lipinski definition) is 3. The van der Waals surface area contributed by atoms with Crippen LogP contribution in [0.1, 0.15) is 35.0 Å². The van der Waals surface area contributed by atoms with Crippen LogP contribution in [0.25, 0.3) is 0 Å². The Bertz CT molecular complexity index is 427. The molecule has 0 fully saturated rings. The molecule has 0 atom stereocenters. The van der Waals surface area contributed by atoms with Crippen LogP contribution in [0.4, 0.5) is 8.78 Å². The average Bonchev–Trinajstić information content (AvgIpc) is 2.28. The Morgan fingerprint density at radius 1 is 1.59 bits per heavy atom. The van der Waals surface area contributed by atoms with Crippen LogP contribution in [0.2, 0.25) is 5.15 Å². The molecule has 0 aliphatic carbocycles. The monoisotopic (exact) mass is 283 g/mol. The molecule has 0 saturated carbocycles. The third-order valence-corrected chi connectivity index (χ3v) is 2.52. The van der Waals surface area contributed by atoms with Gasteiger partial charge in [-0.3, -0.25) is 0 Å². The van der Waals surface area contributed by atoms with E-state index in [1.165, 1.54) is 0 Å². The van der Waals surface area contributed by atoms with Crippen molar-refractivity contribution >= 4 is 29.2 Å². The molecular weight excluding hydrogens is 275 g/mol. The van der Waals surface area contributed by atoms with Crippen LogP contribution < -0.4 is 0 Å². The molecule has 0 N–H and O–H groups in total. The van der Waals surface area contributed by atoms with E-state index in [-0.39, 0.29) is 23.7 Å². The molecule has 1 aromatic rings. The van der Waals surface area contributed by atoms with Gasteiger partial charge in [-0.15, -0.1) is 11.6 Å². The van der Waals surface area contributed by atoms with Crippen LogP contribution in [0.15, 0.2) is 6.07 Å². The second-order valence-electron chi connectivity index (χ2n) is 3.03. The second kappa shape index (κ2) is 6.12. The number of pyridine rings is 1. The minimum Gasteiger partial charge on any atom is -0.461 e. The van der Waals surface area contributed by atoms with Crippen molar-refractivity contribution in [3.63, 3.8) is 0 Å². The van der Waals surface area contributed by atoms with Crippen molar-refractivity contribution < 1.29 is 18.3 Å². The summed E-state index contributed by atoms with van der Waals surface area (Å²) in [6, 6.07) is 1.07. The maximum atomic E-state index is 12.5. The lowest BCUT2D eigenvalue weighted by molar-refractivity contribution is 0.0518. The van der Waals surface area contributed by atoms with Crippen LogP contribution in [-0.4, -0.2) is 17.6 Å². The summed E-state index contributed by atoms with van der Waals surface area (Å²) in [6.45, 7) is 1.77. The molecule has 0 saturated heterocycles. The molecule has 0 bridgehead atoms. The largest absolute Gasteiger partial charge is 0.461 e. The van der Waals surface area contributed by atoms with Crippen LogP contribution in [0, 0.1) is 0 Å². The Kier molecular flexibility index (Phi) is 5.08. The zero-order chi connectivity index (χ0) is 13.0. The van der Waals surface area contributed by atoms with Gasteiger partial charge < -0.3 is 4.74 Å². The Morgan fingerprint density at radius 2 is 2.24 bits per heavy atom. The molecule has 1 aromatic heterocycles. The maximum Gasteiger partial charge on any atom is 0.357 e. The van der Waals surface area contributed by atoms with Gasteiger partial charge in [0.15, 0.2) is 5.69 Å². The molecule has 1 rings (SSSR count). The lowest BCUT2D eigenvalue weighted by atomic mass is 10.1. The normalized spacial score (nSPS) is 10.7. The molecule has 0 spiro atoms. The Hall–Kier alpha value is -0.940. The summed E-state index contributed by atoms with van der Waals surface area (Å²) in [4.78, 5) is 15.1. The van der Waals surface area contributed by atoms with Crippen LogP contribution in [0.3, 0.4) is 0 Å². The molecule has 0 aromatic carbocycles. The van der Waals surface area contributed by atoms with Gasteiger partial charge in [-0.25, -0.2) is 18.6 Å². The van der Waals surface area contributed by atoms with Gasteiger partial charge in [-0.1, -0.05) is 11.6 Å². The highest BCUT2D eigenvalue weighted by Crippen LogP contribution is 2.28. The number of carbonyl (C=O) groups is 1. The smallest absolute Gasteiger partial charge is 0.357 e. The van der Waals surface area contributed by atoms with Gasteiger partial charge in [0.2, 0.25) is 0 Å². The van der Waals surface area contributed by atoms with Gasteiger partial charge >= 0.3 is 5.97 Å². The predicted molar refractivity (Wildman–Crippen MR) is 59.7 cm³/mol.